The minimum Gasteiger partial charge on any atom is -0.271 e. The van der Waals surface area contributed by atoms with Crippen LogP contribution in [0.2, 0.25) is 0 Å². The molecule has 2 aromatic rings. The lowest BCUT2D eigenvalue weighted by molar-refractivity contribution is 0.559. The van der Waals surface area contributed by atoms with E-state index in [1.165, 1.54) is 16.6 Å². The predicted octanol–water partition coefficient (Wildman–Crippen LogP) is 2.62. The van der Waals surface area contributed by atoms with Gasteiger partial charge in [0.2, 0.25) is 0 Å². The molecule has 0 spiro atoms. The smallest absolute Gasteiger partial charge is 0.146 e. The molecule has 0 aromatic carbocycles. The van der Waals surface area contributed by atoms with E-state index in [-0.39, 0.29) is 11.9 Å². The lowest BCUT2D eigenvalue weighted by Gasteiger charge is -2.14. The minimum atomic E-state index is -0.328. The molecule has 0 fully saturated rings. The molecule has 19 heavy (non-hydrogen) atoms. The summed E-state index contributed by atoms with van der Waals surface area (Å²) < 4.78 is 13.8. The molecule has 1 aliphatic rings. The Hall–Kier alpha value is -0.950. The van der Waals surface area contributed by atoms with Gasteiger partial charge in [0.25, 0.3) is 0 Å². The van der Waals surface area contributed by atoms with Gasteiger partial charge < -0.3 is 0 Å². The van der Waals surface area contributed by atoms with Gasteiger partial charge in [0.05, 0.1) is 12.2 Å². The molecule has 1 unspecified atom stereocenters. The van der Waals surface area contributed by atoms with Gasteiger partial charge in [0, 0.05) is 27.3 Å². The summed E-state index contributed by atoms with van der Waals surface area (Å²) in [4.78, 5) is 6.25. The maximum atomic E-state index is 13.8. The number of aryl methyl sites for hydroxylation is 1. The van der Waals surface area contributed by atoms with Crippen molar-refractivity contribution in [3.05, 3.63) is 51.2 Å². The number of pyridine rings is 1. The van der Waals surface area contributed by atoms with Gasteiger partial charge in [-0.15, -0.1) is 11.3 Å². The summed E-state index contributed by atoms with van der Waals surface area (Å²) in [6.07, 6.45) is 3.91. The van der Waals surface area contributed by atoms with Crippen molar-refractivity contribution in [1.82, 2.24) is 10.4 Å². The fourth-order valence-electron chi connectivity index (χ4n) is 2.26. The van der Waals surface area contributed by atoms with Crippen LogP contribution < -0.4 is 11.3 Å². The zero-order chi connectivity index (χ0) is 13.2. The van der Waals surface area contributed by atoms with Gasteiger partial charge in [-0.05, 0) is 29.9 Å². The number of fused-ring (bicyclic) bond motifs is 1. The third-order valence-electron chi connectivity index (χ3n) is 3.21. The standard InChI is InChI=1S/C13H14FN3S2/c14-10-6-16-3-1-9(10)13(17-15)12-5-8-7-18-4-2-11(8)19-12/h1,3,5-6,13,17H,2,4,7,15H2. The summed E-state index contributed by atoms with van der Waals surface area (Å²) in [5.41, 5.74) is 4.63. The summed E-state index contributed by atoms with van der Waals surface area (Å²) in [5, 5.41) is 0. The Morgan fingerprint density at radius 2 is 2.37 bits per heavy atom. The molecule has 3 heterocycles. The second-order valence-electron chi connectivity index (χ2n) is 4.40. The van der Waals surface area contributed by atoms with Gasteiger partial charge in [-0.1, -0.05) is 0 Å². The fraction of sp³-hybridized carbons (Fsp3) is 0.308. The van der Waals surface area contributed by atoms with E-state index >= 15 is 0 Å². The highest BCUT2D eigenvalue weighted by Gasteiger charge is 2.22. The Labute approximate surface area is 119 Å². The van der Waals surface area contributed by atoms with Crippen molar-refractivity contribution in [3.63, 3.8) is 0 Å². The summed E-state index contributed by atoms with van der Waals surface area (Å²) in [6, 6.07) is 3.52. The van der Waals surface area contributed by atoms with E-state index in [9.17, 15) is 4.39 Å². The second kappa shape index (κ2) is 5.58. The molecule has 3 rings (SSSR count). The number of hydrazine groups is 1. The van der Waals surface area contributed by atoms with Crippen molar-refractivity contribution in [3.8, 4) is 0 Å². The van der Waals surface area contributed by atoms with Crippen LogP contribution in [0.1, 0.15) is 26.9 Å². The average Bonchev–Trinajstić information content (AvgIpc) is 2.85. The molecular formula is C13H14FN3S2. The van der Waals surface area contributed by atoms with Crippen LogP contribution >= 0.6 is 23.1 Å². The maximum absolute atomic E-state index is 13.8. The van der Waals surface area contributed by atoms with Crippen LogP contribution in [0.4, 0.5) is 4.39 Å². The van der Waals surface area contributed by atoms with Crippen LogP contribution in [-0.2, 0) is 12.2 Å². The van der Waals surface area contributed by atoms with Crippen molar-refractivity contribution in [2.24, 2.45) is 5.84 Å². The highest BCUT2D eigenvalue weighted by Crippen LogP contribution is 2.36. The van der Waals surface area contributed by atoms with Gasteiger partial charge >= 0.3 is 0 Å². The van der Waals surface area contributed by atoms with Crippen LogP contribution in [0, 0.1) is 5.82 Å². The van der Waals surface area contributed by atoms with Crippen LogP contribution in [0.5, 0.6) is 0 Å². The molecule has 0 bridgehead atoms. The Balaban J connectivity index is 1.98. The molecule has 0 radical (unpaired) electrons. The molecule has 0 amide bonds. The number of nitrogens with one attached hydrogen (secondary N) is 1. The number of hydrogen-bond acceptors (Lipinski definition) is 5. The number of thiophene rings is 1. The molecule has 3 N–H and O–H groups in total. The number of nitrogens with zero attached hydrogens (tertiary/aromatic N) is 1. The van der Waals surface area contributed by atoms with E-state index in [4.69, 9.17) is 5.84 Å². The van der Waals surface area contributed by atoms with Gasteiger partial charge in [-0.25, -0.2) is 9.82 Å². The number of aromatic nitrogens is 1. The Morgan fingerprint density at radius 1 is 1.47 bits per heavy atom. The fourth-order valence-corrected chi connectivity index (χ4v) is 4.71. The van der Waals surface area contributed by atoms with E-state index in [0.717, 1.165) is 22.8 Å². The van der Waals surface area contributed by atoms with Crippen LogP contribution in [0.3, 0.4) is 0 Å². The van der Waals surface area contributed by atoms with Gasteiger partial charge in [0.15, 0.2) is 0 Å². The second-order valence-corrected chi connectivity index (χ2v) is 6.67. The van der Waals surface area contributed by atoms with Crippen molar-refractivity contribution >= 4 is 23.1 Å². The van der Waals surface area contributed by atoms with Crippen molar-refractivity contribution in [2.45, 2.75) is 18.2 Å². The maximum Gasteiger partial charge on any atom is 0.146 e. The molecule has 1 atom stereocenters. The quantitative estimate of drug-likeness (QED) is 0.675. The van der Waals surface area contributed by atoms with E-state index in [1.54, 1.807) is 23.6 Å². The van der Waals surface area contributed by atoms with E-state index in [1.807, 2.05) is 11.8 Å². The molecule has 100 valence electrons. The molecule has 3 nitrogen and oxygen atoms in total. The lowest BCUT2D eigenvalue weighted by atomic mass is 10.1. The first-order valence-electron chi connectivity index (χ1n) is 6.04. The highest BCUT2D eigenvalue weighted by atomic mass is 32.2. The third-order valence-corrected chi connectivity index (χ3v) is 5.52. The minimum absolute atomic E-state index is 0.302. The number of hydrogen-bond donors (Lipinski definition) is 2. The van der Waals surface area contributed by atoms with Crippen LogP contribution in [0.15, 0.2) is 24.5 Å². The normalized spacial score (nSPS) is 16.1. The predicted molar refractivity (Wildman–Crippen MR) is 77.5 cm³/mol. The summed E-state index contributed by atoms with van der Waals surface area (Å²) >= 11 is 3.67. The van der Waals surface area contributed by atoms with E-state index in [2.05, 4.69) is 16.5 Å². The number of halogens is 1. The van der Waals surface area contributed by atoms with E-state index < -0.39 is 0 Å². The molecule has 0 aliphatic carbocycles. The van der Waals surface area contributed by atoms with Crippen molar-refractivity contribution in [2.75, 3.05) is 5.75 Å². The van der Waals surface area contributed by atoms with Gasteiger partial charge in [0.1, 0.15) is 5.82 Å². The highest BCUT2D eigenvalue weighted by molar-refractivity contribution is 7.98. The van der Waals surface area contributed by atoms with E-state index in [0.29, 0.717) is 5.56 Å². The summed E-state index contributed by atoms with van der Waals surface area (Å²) in [7, 11) is 0. The average molecular weight is 295 g/mol. The Morgan fingerprint density at radius 3 is 3.11 bits per heavy atom. The zero-order valence-corrected chi connectivity index (χ0v) is 11.9. The Kier molecular flexibility index (Phi) is 3.83. The summed E-state index contributed by atoms with van der Waals surface area (Å²) in [5.74, 6) is 7.51. The first kappa shape index (κ1) is 13.1. The molecule has 0 saturated heterocycles. The number of thioether (sulfide) groups is 1. The topological polar surface area (TPSA) is 50.9 Å². The SMILES string of the molecule is NNC(c1cc2c(s1)CCSC2)c1ccncc1F. The van der Waals surface area contributed by atoms with Gasteiger partial charge in [-0.3, -0.25) is 10.8 Å². The van der Waals surface area contributed by atoms with Crippen molar-refractivity contribution < 1.29 is 4.39 Å². The largest absolute Gasteiger partial charge is 0.271 e. The first-order chi connectivity index (χ1) is 9.29. The lowest BCUT2D eigenvalue weighted by Crippen LogP contribution is -2.29. The molecule has 1 aliphatic heterocycles. The molecule has 6 heteroatoms. The molecule has 2 aromatic heterocycles. The zero-order valence-electron chi connectivity index (χ0n) is 10.2. The van der Waals surface area contributed by atoms with Crippen molar-refractivity contribution in [1.29, 1.82) is 0 Å². The first-order valence-corrected chi connectivity index (χ1v) is 8.01. The monoisotopic (exact) mass is 295 g/mol. The van der Waals surface area contributed by atoms with Crippen LogP contribution in [0.25, 0.3) is 0 Å². The Bertz CT molecular complexity index is 562. The van der Waals surface area contributed by atoms with Crippen LogP contribution in [-0.4, -0.2) is 10.7 Å². The number of rotatable bonds is 3. The molecular weight excluding hydrogens is 281 g/mol. The van der Waals surface area contributed by atoms with Gasteiger partial charge in [-0.2, -0.15) is 11.8 Å². The third kappa shape index (κ3) is 2.53. The molecule has 0 saturated carbocycles. The number of nitrogens with two attached hydrogens (primary N) is 1. The summed E-state index contributed by atoms with van der Waals surface area (Å²) in [6.45, 7) is 0.